The molecule has 6 nitrogen and oxygen atoms in total. The Labute approximate surface area is 163 Å². The summed E-state index contributed by atoms with van der Waals surface area (Å²) in [6.07, 6.45) is 0.818. The smallest absolute Gasteiger partial charge is 0.275 e. The standard InChI is InChI=1S/C17H24ClFN4O2S/c1-25-10-2-5-20-16(24)12-22-6-8-23(9-7-22)17(26)21-13-3-4-15(19)14(18)11-13/h3-4,11H,2,5-10,12H2,1H3,(H,20,24)(H,21,26)/p+1. The highest BCUT2D eigenvalue weighted by molar-refractivity contribution is 7.80. The van der Waals surface area contributed by atoms with Crippen molar-refractivity contribution >= 4 is 40.5 Å². The van der Waals surface area contributed by atoms with Crippen molar-refractivity contribution in [1.82, 2.24) is 10.2 Å². The number of hydrogen-bond acceptors (Lipinski definition) is 3. The first-order chi connectivity index (χ1) is 12.5. The minimum Gasteiger partial charge on any atom is -0.385 e. The van der Waals surface area contributed by atoms with Crippen LogP contribution in [-0.4, -0.2) is 68.9 Å². The van der Waals surface area contributed by atoms with E-state index in [0.717, 1.165) is 32.6 Å². The van der Waals surface area contributed by atoms with Crippen LogP contribution >= 0.6 is 23.8 Å². The number of hydrogen-bond donors (Lipinski definition) is 3. The van der Waals surface area contributed by atoms with Crippen LogP contribution in [0.3, 0.4) is 0 Å². The Morgan fingerprint density at radius 3 is 2.81 bits per heavy atom. The number of piperazine rings is 1. The Kier molecular flexibility index (Phi) is 8.50. The fourth-order valence-electron chi connectivity index (χ4n) is 2.71. The van der Waals surface area contributed by atoms with Gasteiger partial charge in [0.05, 0.1) is 31.2 Å². The van der Waals surface area contributed by atoms with E-state index in [1.807, 2.05) is 4.90 Å². The van der Waals surface area contributed by atoms with Crippen LogP contribution in [0.1, 0.15) is 6.42 Å². The second-order valence-electron chi connectivity index (χ2n) is 6.17. The molecule has 1 saturated heterocycles. The summed E-state index contributed by atoms with van der Waals surface area (Å²) in [6, 6.07) is 4.42. The van der Waals surface area contributed by atoms with E-state index in [-0.39, 0.29) is 10.9 Å². The molecular weight excluding hydrogens is 379 g/mol. The number of carbonyl (C=O) groups excluding carboxylic acids is 1. The van der Waals surface area contributed by atoms with E-state index in [1.165, 1.54) is 17.0 Å². The molecule has 0 aromatic heterocycles. The third-order valence-electron chi connectivity index (χ3n) is 4.19. The maximum atomic E-state index is 13.2. The molecule has 0 aliphatic carbocycles. The van der Waals surface area contributed by atoms with Gasteiger partial charge in [-0.2, -0.15) is 0 Å². The molecule has 0 bridgehead atoms. The molecule has 9 heteroatoms. The third kappa shape index (κ3) is 6.68. The first kappa shape index (κ1) is 20.8. The fourth-order valence-corrected chi connectivity index (χ4v) is 3.19. The SMILES string of the molecule is COCCCNC(=O)C[NH+]1CCN(C(=S)Nc2ccc(F)c(Cl)c2)CC1. The summed E-state index contributed by atoms with van der Waals surface area (Å²) in [5, 5.41) is 6.63. The number of rotatable bonds is 7. The lowest BCUT2D eigenvalue weighted by molar-refractivity contribution is -0.895. The Morgan fingerprint density at radius 1 is 1.42 bits per heavy atom. The number of ether oxygens (including phenoxy) is 1. The first-order valence-corrected chi connectivity index (χ1v) is 9.38. The predicted octanol–water partition coefficient (Wildman–Crippen LogP) is 0.529. The van der Waals surface area contributed by atoms with Crippen molar-refractivity contribution < 1.29 is 18.8 Å². The van der Waals surface area contributed by atoms with E-state index in [4.69, 9.17) is 28.6 Å². The van der Waals surface area contributed by atoms with Crippen molar-refractivity contribution in [1.29, 1.82) is 0 Å². The van der Waals surface area contributed by atoms with Crippen molar-refractivity contribution in [3.8, 4) is 0 Å². The molecule has 2 rings (SSSR count). The lowest BCUT2D eigenvalue weighted by Gasteiger charge is -2.33. The van der Waals surface area contributed by atoms with Gasteiger partial charge in [0, 0.05) is 25.9 Å². The van der Waals surface area contributed by atoms with Crippen LogP contribution in [0.25, 0.3) is 0 Å². The molecule has 1 aromatic rings. The number of carbonyl (C=O) groups is 1. The topological polar surface area (TPSA) is 58.0 Å². The largest absolute Gasteiger partial charge is 0.385 e. The van der Waals surface area contributed by atoms with Gasteiger partial charge in [-0.3, -0.25) is 4.79 Å². The number of nitrogens with zero attached hydrogens (tertiary/aromatic N) is 1. The number of halogens is 2. The van der Waals surface area contributed by atoms with Crippen LogP contribution in [0.15, 0.2) is 18.2 Å². The molecule has 1 heterocycles. The van der Waals surface area contributed by atoms with Crippen molar-refractivity contribution in [2.45, 2.75) is 6.42 Å². The molecule has 0 atom stereocenters. The Balaban J connectivity index is 1.71. The van der Waals surface area contributed by atoms with Gasteiger partial charge in [0.25, 0.3) is 5.91 Å². The van der Waals surface area contributed by atoms with Crippen LogP contribution in [0.2, 0.25) is 5.02 Å². The van der Waals surface area contributed by atoms with Crippen molar-refractivity contribution in [3.63, 3.8) is 0 Å². The predicted molar refractivity (Wildman–Crippen MR) is 104 cm³/mol. The summed E-state index contributed by atoms with van der Waals surface area (Å²) < 4.78 is 18.2. The van der Waals surface area contributed by atoms with E-state index < -0.39 is 5.82 Å². The van der Waals surface area contributed by atoms with Crippen LogP contribution < -0.4 is 15.5 Å². The number of benzene rings is 1. The van der Waals surface area contributed by atoms with Gasteiger partial charge in [-0.05, 0) is 36.8 Å². The van der Waals surface area contributed by atoms with E-state index in [1.54, 1.807) is 13.2 Å². The number of anilines is 1. The second-order valence-corrected chi connectivity index (χ2v) is 6.96. The molecule has 1 aromatic carbocycles. The summed E-state index contributed by atoms with van der Waals surface area (Å²) in [6.45, 7) is 4.93. The van der Waals surface area contributed by atoms with Gasteiger partial charge < -0.3 is 25.2 Å². The second kappa shape index (κ2) is 10.6. The summed E-state index contributed by atoms with van der Waals surface area (Å²) in [5.41, 5.74) is 0.659. The zero-order chi connectivity index (χ0) is 18.9. The molecule has 1 aliphatic heterocycles. The summed E-state index contributed by atoms with van der Waals surface area (Å²) in [7, 11) is 1.65. The maximum absolute atomic E-state index is 13.2. The highest BCUT2D eigenvalue weighted by atomic mass is 35.5. The number of thiocarbonyl (C=S) groups is 1. The van der Waals surface area contributed by atoms with Crippen LogP contribution in [0.5, 0.6) is 0 Å². The van der Waals surface area contributed by atoms with Crippen molar-refractivity contribution in [2.75, 3.05) is 58.3 Å². The van der Waals surface area contributed by atoms with Gasteiger partial charge in [0.15, 0.2) is 11.7 Å². The molecule has 1 amide bonds. The highest BCUT2D eigenvalue weighted by Crippen LogP contribution is 2.19. The molecule has 144 valence electrons. The van der Waals surface area contributed by atoms with E-state index in [0.29, 0.717) is 30.5 Å². The Hall–Kier alpha value is -1.48. The summed E-state index contributed by atoms with van der Waals surface area (Å²) in [5.74, 6) is -0.396. The molecule has 3 N–H and O–H groups in total. The Bertz CT molecular complexity index is 627. The maximum Gasteiger partial charge on any atom is 0.275 e. The molecule has 0 saturated carbocycles. The molecular formula is C17H25ClFN4O2S+. The number of quaternary nitrogens is 1. The molecule has 1 fully saturated rings. The molecule has 0 radical (unpaired) electrons. The normalized spacial score (nSPS) is 15.0. The third-order valence-corrected chi connectivity index (χ3v) is 4.84. The lowest BCUT2D eigenvalue weighted by Crippen LogP contribution is -3.15. The van der Waals surface area contributed by atoms with E-state index >= 15 is 0 Å². The Morgan fingerprint density at radius 2 is 2.15 bits per heavy atom. The lowest BCUT2D eigenvalue weighted by atomic mass is 10.3. The summed E-state index contributed by atoms with van der Waals surface area (Å²) in [4.78, 5) is 15.2. The molecule has 0 unspecified atom stereocenters. The quantitative estimate of drug-likeness (QED) is 0.458. The van der Waals surface area contributed by atoms with Crippen molar-refractivity contribution in [2.24, 2.45) is 0 Å². The number of methoxy groups -OCH3 is 1. The van der Waals surface area contributed by atoms with Gasteiger partial charge in [-0.15, -0.1) is 0 Å². The van der Waals surface area contributed by atoms with Crippen molar-refractivity contribution in [3.05, 3.63) is 29.0 Å². The average Bonchev–Trinajstić information content (AvgIpc) is 2.62. The zero-order valence-electron chi connectivity index (χ0n) is 14.8. The molecule has 0 spiro atoms. The highest BCUT2D eigenvalue weighted by Gasteiger charge is 2.23. The molecule has 26 heavy (non-hydrogen) atoms. The van der Waals surface area contributed by atoms with E-state index in [2.05, 4.69) is 10.6 Å². The van der Waals surface area contributed by atoms with Gasteiger partial charge in [0.2, 0.25) is 0 Å². The van der Waals surface area contributed by atoms with Gasteiger partial charge >= 0.3 is 0 Å². The average molecular weight is 404 g/mol. The first-order valence-electron chi connectivity index (χ1n) is 8.59. The fraction of sp³-hybridized carbons (Fsp3) is 0.529. The van der Waals surface area contributed by atoms with Crippen LogP contribution in [-0.2, 0) is 9.53 Å². The van der Waals surface area contributed by atoms with Gasteiger partial charge in [-0.1, -0.05) is 11.6 Å². The molecule has 1 aliphatic rings. The van der Waals surface area contributed by atoms with Crippen LogP contribution in [0.4, 0.5) is 10.1 Å². The van der Waals surface area contributed by atoms with E-state index in [9.17, 15) is 9.18 Å². The minimum atomic E-state index is -0.458. The minimum absolute atomic E-state index is 0.0589. The van der Waals surface area contributed by atoms with Gasteiger partial charge in [-0.25, -0.2) is 4.39 Å². The van der Waals surface area contributed by atoms with Crippen LogP contribution in [0, 0.1) is 5.82 Å². The monoisotopic (exact) mass is 403 g/mol. The zero-order valence-corrected chi connectivity index (χ0v) is 16.4. The number of amides is 1. The summed E-state index contributed by atoms with van der Waals surface area (Å²) >= 11 is 11.2. The number of nitrogens with one attached hydrogen (secondary N) is 3. The van der Waals surface area contributed by atoms with Gasteiger partial charge in [0.1, 0.15) is 5.82 Å².